The number of hydrogen-bond acceptors (Lipinski definition) is 5. The maximum Gasteiger partial charge on any atom is 0.281 e. The monoisotopic (exact) mass is 376 g/mol. The highest BCUT2D eigenvalue weighted by Gasteiger charge is 2.30. The molecule has 0 aromatic heterocycles. The van der Waals surface area contributed by atoms with Crippen molar-refractivity contribution in [3.8, 4) is 17.2 Å². The molecule has 2 N–H and O–H groups in total. The van der Waals surface area contributed by atoms with Gasteiger partial charge in [-0.25, -0.2) is 0 Å². The van der Waals surface area contributed by atoms with Crippen LogP contribution in [0.3, 0.4) is 0 Å². The summed E-state index contributed by atoms with van der Waals surface area (Å²) in [4.78, 5) is 24.5. The molecule has 1 aliphatic rings. The zero-order valence-corrected chi connectivity index (χ0v) is 14.9. The summed E-state index contributed by atoms with van der Waals surface area (Å²) in [6.07, 6.45) is 0. The van der Waals surface area contributed by atoms with Crippen molar-refractivity contribution in [2.24, 2.45) is 0 Å². The molecule has 0 saturated carbocycles. The van der Waals surface area contributed by atoms with Crippen molar-refractivity contribution in [2.75, 3.05) is 6.79 Å². The summed E-state index contributed by atoms with van der Waals surface area (Å²) < 4.78 is 16.1. The van der Waals surface area contributed by atoms with Gasteiger partial charge in [0.2, 0.25) is 6.79 Å². The summed E-state index contributed by atoms with van der Waals surface area (Å²) in [6.45, 7) is 3.29. The number of carbonyl (C=O) groups is 2. The smallest absolute Gasteiger partial charge is 0.281 e. The highest BCUT2D eigenvalue weighted by Crippen LogP contribution is 2.32. The summed E-state index contributed by atoms with van der Waals surface area (Å²) in [5.41, 5.74) is 3.83. The number of nitrogens with one attached hydrogen (secondary N) is 2. The van der Waals surface area contributed by atoms with E-state index in [4.69, 9.17) is 25.8 Å². The van der Waals surface area contributed by atoms with Crippen LogP contribution in [0.4, 0.5) is 0 Å². The van der Waals surface area contributed by atoms with E-state index >= 15 is 0 Å². The van der Waals surface area contributed by atoms with E-state index in [0.717, 1.165) is 0 Å². The number of halogens is 1. The van der Waals surface area contributed by atoms with Gasteiger partial charge in [0.1, 0.15) is 5.75 Å². The Morgan fingerprint density at radius 3 is 2.46 bits per heavy atom. The molecule has 1 heterocycles. The quantitative estimate of drug-likeness (QED) is 0.801. The number of ether oxygens (including phenoxy) is 3. The van der Waals surface area contributed by atoms with Crippen LogP contribution in [0.15, 0.2) is 42.5 Å². The van der Waals surface area contributed by atoms with Crippen molar-refractivity contribution in [2.45, 2.75) is 19.4 Å². The average molecular weight is 377 g/mol. The summed E-state index contributed by atoms with van der Waals surface area (Å²) >= 11 is 5.82. The van der Waals surface area contributed by atoms with Gasteiger partial charge in [0.05, 0.1) is 0 Å². The minimum atomic E-state index is -1.21. The van der Waals surface area contributed by atoms with Crippen molar-refractivity contribution in [3.63, 3.8) is 0 Å². The molecule has 0 saturated heterocycles. The summed E-state index contributed by atoms with van der Waals surface area (Å²) in [7, 11) is 0. The fourth-order valence-electron chi connectivity index (χ4n) is 2.22. The maximum atomic E-state index is 12.3. The molecular formula is C18H17ClN2O5. The molecule has 0 spiro atoms. The van der Waals surface area contributed by atoms with Crippen LogP contribution in [0.1, 0.15) is 24.2 Å². The molecule has 7 nitrogen and oxygen atoms in total. The maximum absolute atomic E-state index is 12.3. The van der Waals surface area contributed by atoms with Gasteiger partial charge in [-0.1, -0.05) is 11.6 Å². The third-order valence-electron chi connectivity index (χ3n) is 3.66. The zero-order valence-electron chi connectivity index (χ0n) is 14.2. The fourth-order valence-corrected chi connectivity index (χ4v) is 2.34. The van der Waals surface area contributed by atoms with Gasteiger partial charge < -0.3 is 14.2 Å². The molecule has 136 valence electrons. The lowest BCUT2D eigenvalue weighted by Gasteiger charge is -2.25. The van der Waals surface area contributed by atoms with Crippen molar-refractivity contribution in [1.29, 1.82) is 0 Å². The molecule has 0 unspecified atom stereocenters. The lowest BCUT2D eigenvalue weighted by atomic mass is 10.1. The molecule has 0 aliphatic carbocycles. The summed E-state index contributed by atoms with van der Waals surface area (Å²) in [6, 6.07) is 11.4. The number of carbonyl (C=O) groups excluding carboxylic acids is 2. The number of rotatable bonds is 4. The topological polar surface area (TPSA) is 85.9 Å². The second-order valence-corrected chi connectivity index (χ2v) is 6.48. The minimum absolute atomic E-state index is 0.118. The number of hydrazine groups is 1. The third kappa shape index (κ3) is 4.00. The Morgan fingerprint density at radius 1 is 1.04 bits per heavy atom. The Balaban J connectivity index is 1.58. The second kappa shape index (κ2) is 7.13. The van der Waals surface area contributed by atoms with E-state index in [-0.39, 0.29) is 6.79 Å². The lowest BCUT2D eigenvalue weighted by Crippen LogP contribution is -2.53. The number of hydrogen-bond donors (Lipinski definition) is 2. The van der Waals surface area contributed by atoms with Crippen LogP contribution in [0, 0.1) is 0 Å². The van der Waals surface area contributed by atoms with Crippen molar-refractivity contribution in [3.05, 3.63) is 53.1 Å². The van der Waals surface area contributed by atoms with Crippen molar-refractivity contribution in [1.82, 2.24) is 10.9 Å². The van der Waals surface area contributed by atoms with Crippen LogP contribution in [0.2, 0.25) is 5.02 Å². The molecule has 0 bridgehead atoms. The van der Waals surface area contributed by atoms with E-state index in [0.29, 0.717) is 27.8 Å². The first-order chi connectivity index (χ1) is 12.3. The molecular weight excluding hydrogens is 360 g/mol. The highest BCUT2D eigenvalue weighted by atomic mass is 35.5. The molecule has 0 radical (unpaired) electrons. The van der Waals surface area contributed by atoms with Gasteiger partial charge in [0.15, 0.2) is 17.1 Å². The van der Waals surface area contributed by atoms with Gasteiger partial charge in [0, 0.05) is 10.6 Å². The van der Waals surface area contributed by atoms with Gasteiger partial charge >= 0.3 is 0 Å². The first-order valence-electron chi connectivity index (χ1n) is 7.80. The van der Waals surface area contributed by atoms with E-state index in [1.807, 2.05) is 0 Å². The predicted molar refractivity (Wildman–Crippen MR) is 94.3 cm³/mol. The normalized spacial score (nSPS) is 12.4. The standard InChI is InChI=1S/C18H17ClN2O5/c1-18(2,26-13-6-4-12(19)5-7-13)17(23)21-20-16(22)11-3-8-14-15(9-11)25-10-24-14/h3-9H,10H2,1-2H3,(H,20,22)(H,21,23). The average Bonchev–Trinajstić information content (AvgIpc) is 3.08. The Bertz CT molecular complexity index is 836. The van der Waals surface area contributed by atoms with Gasteiger partial charge in [-0.3, -0.25) is 20.4 Å². The van der Waals surface area contributed by atoms with Crippen LogP contribution < -0.4 is 25.1 Å². The highest BCUT2D eigenvalue weighted by molar-refractivity contribution is 6.30. The Labute approximate surface area is 155 Å². The van der Waals surface area contributed by atoms with Crippen molar-refractivity contribution >= 4 is 23.4 Å². The molecule has 2 aromatic rings. The lowest BCUT2D eigenvalue weighted by molar-refractivity contribution is -0.135. The molecule has 1 aliphatic heterocycles. The SMILES string of the molecule is CC(C)(Oc1ccc(Cl)cc1)C(=O)NNC(=O)c1ccc2c(c1)OCO2. The molecule has 26 heavy (non-hydrogen) atoms. The van der Waals surface area contributed by atoms with Crippen LogP contribution in [0.5, 0.6) is 17.2 Å². The van der Waals surface area contributed by atoms with Crippen LogP contribution in [-0.4, -0.2) is 24.2 Å². The van der Waals surface area contributed by atoms with E-state index in [2.05, 4.69) is 10.9 Å². The summed E-state index contributed by atoms with van der Waals surface area (Å²) in [5, 5.41) is 0.565. The van der Waals surface area contributed by atoms with E-state index in [1.54, 1.807) is 56.3 Å². The minimum Gasteiger partial charge on any atom is -0.478 e. The van der Waals surface area contributed by atoms with Crippen LogP contribution in [0.25, 0.3) is 0 Å². The first-order valence-corrected chi connectivity index (χ1v) is 8.18. The molecule has 0 fully saturated rings. The van der Waals surface area contributed by atoms with Crippen LogP contribution in [-0.2, 0) is 4.79 Å². The number of benzene rings is 2. The van der Waals surface area contributed by atoms with Crippen LogP contribution >= 0.6 is 11.6 Å². The van der Waals surface area contributed by atoms with Gasteiger partial charge in [-0.2, -0.15) is 0 Å². The second-order valence-electron chi connectivity index (χ2n) is 6.04. The molecule has 3 rings (SSSR count). The summed E-state index contributed by atoms with van der Waals surface area (Å²) in [5.74, 6) is 0.538. The first kappa shape index (κ1) is 17.9. The Morgan fingerprint density at radius 2 is 1.73 bits per heavy atom. The third-order valence-corrected chi connectivity index (χ3v) is 3.91. The molecule has 2 aromatic carbocycles. The van der Waals surface area contributed by atoms with E-state index in [9.17, 15) is 9.59 Å². The predicted octanol–water partition coefficient (Wildman–Crippen LogP) is 2.69. The van der Waals surface area contributed by atoms with Gasteiger partial charge in [-0.15, -0.1) is 0 Å². The Hall–Kier alpha value is -2.93. The Kier molecular flexibility index (Phi) is 4.90. The molecule has 2 amide bonds. The largest absolute Gasteiger partial charge is 0.478 e. The van der Waals surface area contributed by atoms with E-state index < -0.39 is 17.4 Å². The number of amides is 2. The van der Waals surface area contributed by atoms with E-state index in [1.165, 1.54) is 0 Å². The van der Waals surface area contributed by atoms with Gasteiger partial charge in [0.25, 0.3) is 11.8 Å². The fraction of sp³-hybridized carbons (Fsp3) is 0.222. The van der Waals surface area contributed by atoms with Gasteiger partial charge in [-0.05, 0) is 56.3 Å². The number of fused-ring (bicyclic) bond motifs is 1. The molecule has 8 heteroatoms. The van der Waals surface area contributed by atoms with Crippen molar-refractivity contribution < 1.29 is 23.8 Å². The molecule has 0 atom stereocenters. The zero-order chi connectivity index (χ0) is 18.7.